The maximum absolute atomic E-state index is 12.2. The minimum Gasteiger partial charge on any atom is -0.381 e. The Morgan fingerprint density at radius 3 is 3.19 bits per heavy atom. The molecule has 0 N–H and O–H groups in total. The van der Waals surface area contributed by atoms with Crippen LogP contribution in [-0.2, 0) is 11.2 Å². The summed E-state index contributed by atoms with van der Waals surface area (Å²) in [5.41, 5.74) is 0.864. The number of rotatable bonds is 4. The summed E-state index contributed by atoms with van der Waals surface area (Å²) >= 11 is 1.23. The van der Waals surface area contributed by atoms with Crippen LogP contribution in [0.2, 0.25) is 0 Å². The predicted molar refractivity (Wildman–Crippen MR) is 61.8 cm³/mol. The number of aromatic nitrogens is 2. The first-order valence-corrected chi connectivity index (χ1v) is 6.53. The highest BCUT2D eigenvalue weighted by Gasteiger charge is 2.26. The van der Waals surface area contributed by atoms with Crippen LogP contribution in [0.4, 0.5) is 0 Å². The topological polar surface area (TPSA) is 52.1 Å². The number of hydrogen-bond donors (Lipinski definition) is 0. The molecule has 88 valence electrons. The zero-order chi connectivity index (χ0) is 11.4. The predicted octanol–water partition coefficient (Wildman–Crippen LogP) is 2.10. The number of ketones is 1. The third-order valence-electron chi connectivity index (χ3n) is 2.80. The van der Waals surface area contributed by atoms with E-state index in [9.17, 15) is 4.79 Å². The molecule has 0 amide bonds. The molecule has 5 heteroatoms. The molecule has 1 aliphatic rings. The van der Waals surface area contributed by atoms with Crippen molar-refractivity contribution in [1.82, 2.24) is 9.59 Å². The first-order chi connectivity index (χ1) is 7.83. The van der Waals surface area contributed by atoms with Crippen molar-refractivity contribution in [2.75, 3.05) is 13.2 Å². The van der Waals surface area contributed by atoms with Gasteiger partial charge >= 0.3 is 0 Å². The van der Waals surface area contributed by atoms with E-state index in [2.05, 4.69) is 16.5 Å². The fourth-order valence-corrected chi connectivity index (χ4v) is 2.65. The zero-order valence-electron chi connectivity index (χ0n) is 9.44. The second-order valence-corrected chi connectivity index (χ2v) is 4.83. The molecule has 0 saturated carbocycles. The van der Waals surface area contributed by atoms with Crippen LogP contribution in [0.5, 0.6) is 0 Å². The number of Topliss-reactive ketones (excluding diaryl/α,β-unsaturated/α-hetero) is 1. The van der Waals surface area contributed by atoms with E-state index < -0.39 is 0 Å². The van der Waals surface area contributed by atoms with E-state index in [0.717, 1.165) is 42.9 Å². The fourth-order valence-electron chi connectivity index (χ4n) is 1.93. The maximum Gasteiger partial charge on any atom is 0.181 e. The molecule has 0 radical (unpaired) electrons. The monoisotopic (exact) mass is 240 g/mol. The molecule has 0 spiro atoms. The minimum absolute atomic E-state index is 0.0200. The summed E-state index contributed by atoms with van der Waals surface area (Å²) in [5, 5.41) is 4.03. The largest absolute Gasteiger partial charge is 0.381 e. The van der Waals surface area contributed by atoms with E-state index in [0.29, 0.717) is 6.61 Å². The van der Waals surface area contributed by atoms with Crippen molar-refractivity contribution in [1.29, 1.82) is 0 Å². The Kier molecular flexibility index (Phi) is 4.01. The van der Waals surface area contributed by atoms with Gasteiger partial charge in [-0.05, 0) is 30.8 Å². The molecule has 1 saturated heterocycles. The lowest BCUT2D eigenvalue weighted by atomic mass is 9.95. The molecular weight excluding hydrogens is 224 g/mol. The molecule has 4 nitrogen and oxygen atoms in total. The Bertz CT molecular complexity index is 359. The molecule has 0 bridgehead atoms. The van der Waals surface area contributed by atoms with Crippen LogP contribution >= 0.6 is 11.5 Å². The Balaban J connectivity index is 2.09. The summed E-state index contributed by atoms with van der Waals surface area (Å²) < 4.78 is 9.23. The average Bonchev–Trinajstić information content (AvgIpc) is 2.78. The second-order valence-electron chi connectivity index (χ2n) is 4.08. The van der Waals surface area contributed by atoms with Crippen LogP contribution in [0.1, 0.15) is 41.6 Å². The van der Waals surface area contributed by atoms with E-state index in [1.54, 1.807) is 0 Å². The summed E-state index contributed by atoms with van der Waals surface area (Å²) in [6.07, 6.45) is 3.74. The molecule has 2 rings (SSSR count). The number of carbonyl (C=O) groups excluding carboxylic acids is 1. The van der Waals surface area contributed by atoms with Crippen LogP contribution in [0.25, 0.3) is 0 Å². The van der Waals surface area contributed by atoms with Gasteiger partial charge in [-0.2, -0.15) is 0 Å². The lowest BCUT2D eigenvalue weighted by molar-refractivity contribution is 0.0463. The van der Waals surface area contributed by atoms with Gasteiger partial charge in [-0.15, -0.1) is 5.10 Å². The standard InChI is InChI=1S/C11H16N2O2S/c1-2-4-9-11(16-13-12-9)10(14)8-5-3-6-15-7-8/h8H,2-7H2,1H3. The normalized spacial score (nSPS) is 20.9. The van der Waals surface area contributed by atoms with Gasteiger partial charge in [-0.1, -0.05) is 17.8 Å². The van der Waals surface area contributed by atoms with Gasteiger partial charge in [-0.25, -0.2) is 0 Å². The number of carbonyl (C=O) groups is 1. The van der Waals surface area contributed by atoms with Crippen molar-refractivity contribution in [3.63, 3.8) is 0 Å². The summed E-state index contributed by atoms with van der Waals surface area (Å²) in [7, 11) is 0. The highest BCUT2D eigenvalue weighted by molar-refractivity contribution is 7.08. The van der Waals surface area contributed by atoms with Crippen molar-refractivity contribution in [2.45, 2.75) is 32.6 Å². The molecule has 1 unspecified atom stereocenters. The molecule has 2 heterocycles. The lowest BCUT2D eigenvalue weighted by Gasteiger charge is -2.20. The van der Waals surface area contributed by atoms with E-state index in [1.165, 1.54) is 11.5 Å². The van der Waals surface area contributed by atoms with Crippen LogP contribution in [0.3, 0.4) is 0 Å². The van der Waals surface area contributed by atoms with E-state index in [4.69, 9.17) is 4.74 Å². The average molecular weight is 240 g/mol. The van der Waals surface area contributed by atoms with E-state index in [-0.39, 0.29) is 11.7 Å². The molecule has 1 atom stereocenters. The highest BCUT2D eigenvalue weighted by atomic mass is 32.1. The Morgan fingerprint density at radius 1 is 1.62 bits per heavy atom. The van der Waals surface area contributed by atoms with Gasteiger partial charge in [0.05, 0.1) is 12.3 Å². The third-order valence-corrected chi connectivity index (χ3v) is 3.58. The van der Waals surface area contributed by atoms with Crippen LogP contribution in [0, 0.1) is 5.92 Å². The molecule has 0 aromatic carbocycles. The number of hydrogen-bond acceptors (Lipinski definition) is 5. The summed E-state index contributed by atoms with van der Waals surface area (Å²) in [5.74, 6) is 0.199. The smallest absolute Gasteiger partial charge is 0.181 e. The Labute approximate surface area is 99.2 Å². The van der Waals surface area contributed by atoms with Crippen LogP contribution in [-0.4, -0.2) is 28.6 Å². The first-order valence-electron chi connectivity index (χ1n) is 5.76. The molecule has 1 aromatic rings. The fraction of sp³-hybridized carbons (Fsp3) is 0.727. The molecule has 16 heavy (non-hydrogen) atoms. The molecule has 1 fully saturated rings. The first kappa shape index (κ1) is 11.7. The number of nitrogens with zero attached hydrogens (tertiary/aromatic N) is 2. The third kappa shape index (κ3) is 2.47. The van der Waals surface area contributed by atoms with E-state index in [1.807, 2.05) is 0 Å². The Hall–Kier alpha value is -0.810. The quantitative estimate of drug-likeness (QED) is 0.756. The van der Waals surface area contributed by atoms with Crippen LogP contribution in [0.15, 0.2) is 0 Å². The second kappa shape index (κ2) is 5.50. The van der Waals surface area contributed by atoms with Crippen molar-refractivity contribution in [3.8, 4) is 0 Å². The molecule has 1 aromatic heterocycles. The van der Waals surface area contributed by atoms with Crippen molar-refractivity contribution >= 4 is 17.3 Å². The Morgan fingerprint density at radius 2 is 2.50 bits per heavy atom. The number of ether oxygens (including phenoxy) is 1. The van der Waals surface area contributed by atoms with Gasteiger partial charge in [0.15, 0.2) is 5.78 Å². The zero-order valence-corrected chi connectivity index (χ0v) is 10.3. The van der Waals surface area contributed by atoms with Gasteiger partial charge in [0.25, 0.3) is 0 Å². The number of aryl methyl sites for hydroxylation is 1. The van der Waals surface area contributed by atoms with Gasteiger partial charge in [-0.3, -0.25) is 4.79 Å². The molecular formula is C11H16N2O2S. The molecule has 1 aliphatic heterocycles. The summed E-state index contributed by atoms with van der Waals surface area (Å²) in [6, 6.07) is 0. The van der Waals surface area contributed by atoms with Gasteiger partial charge < -0.3 is 4.74 Å². The minimum atomic E-state index is 0.0200. The van der Waals surface area contributed by atoms with Crippen molar-refractivity contribution in [2.24, 2.45) is 5.92 Å². The maximum atomic E-state index is 12.2. The lowest BCUT2D eigenvalue weighted by Crippen LogP contribution is -2.25. The van der Waals surface area contributed by atoms with Gasteiger partial charge in [0.2, 0.25) is 0 Å². The highest BCUT2D eigenvalue weighted by Crippen LogP contribution is 2.23. The summed E-state index contributed by atoms with van der Waals surface area (Å²) in [6.45, 7) is 3.42. The van der Waals surface area contributed by atoms with E-state index >= 15 is 0 Å². The van der Waals surface area contributed by atoms with Crippen LogP contribution < -0.4 is 0 Å². The summed E-state index contributed by atoms with van der Waals surface area (Å²) in [4.78, 5) is 13.0. The van der Waals surface area contributed by atoms with Crippen molar-refractivity contribution in [3.05, 3.63) is 10.6 Å². The van der Waals surface area contributed by atoms with Crippen molar-refractivity contribution < 1.29 is 9.53 Å². The van der Waals surface area contributed by atoms with Gasteiger partial charge in [0.1, 0.15) is 4.88 Å². The molecule has 0 aliphatic carbocycles. The SMILES string of the molecule is CCCc1nnsc1C(=O)C1CCCOC1. The van der Waals surface area contributed by atoms with Gasteiger partial charge in [0, 0.05) is 12.5 Å².